The lowest BCUT2D eigenvalue weighted by atomic mass is 10.2. The van der Waals surface area contributed by atoms with Gasteiger partial charge in [0.15, 0.2) is 5.69 Å². The van der Waals surface area contributed by atoms with Crippen LogP contribution in [-0.4, -0.2) is 21.1 Å². The van der Waals surface area contributed by atoms with Crippen molar-refractivity contribution in [2.75, 3.05) is 5.73 Å². The number of hydrogen-bond acceptors (Lipinski definition) is 5. The number of fused-ring (bicyclic) bond motifs is 1. The Bertz CT molecular complexity index is 776. The van der Waals surface area contributed by atoms with Crippen molar-refractivity contribution in [2.24, 2.45) is 0 Å². The number of H-pyrrole nitrogens is 1. The summed E-state index contributed by atoms with van der Waals surface area (Å²) < 4.78 is 0. The van der Waals surface area contributed by atoms with E-state index in [1.54, 1.807) is 35.7 Å². The van der Waals surface area contributed by atoms with E-state index < -0.39 is 0 Å². The van der Waals surface area contributed by atoms with E-state index in [4.69, 9.17) is 5.73 Å². The van der Waals surface area contributed by atoms with Gasteiger partial charge >= 0.3 is 0 Å². The van der Waals surface area contributed by atoms with E-state index in [1.807, 2.05) is 6.92 Å². The quantitative estimate of drug-likeness (QED) is 0.640. The van der Waals surface area contributed by atoms with E-state index in [0.29, 0.717) is 17.9 Å². The van der Waals surface area contributed by atoms with Crippen molar-refractivity contribution < 1.29 is 4.79 Å². The number of aromatic amines is 1. The zero-order valence-corrected chi connectivity index (χ0v) is 11.6. The Morgan fingerprint density at radius 1 is 1.50 bits per heavy atom. The van der Waals surface area contributed by atoms with Crippen LogP contribution in [0.25, 0.3) is 10.9 Å². The average molecular weight is 287 g/mol. The summed E-state index contributed by atoms with van der Waals surface area (Å²) in [5.74, 6) is -0.241. The molecule has 0 radical (unpaired) electrons. The van der Waals surface area contributed by atoms with Gasteiger partial charge in [-0.3, -0.25) is 9.89 Å². The predicted molar refractivity (Wildman–Crippen MR) is 78.5 cm³/mol. The number of carbonyl (C=O) groups excluding carboxylic acids is 1. The van der Waals surface area contributed by atoms with Crippen molar-refractivity contribution >= 4 is 33.8 Å². The van der Waals surface area contributed by atoms with Crippen LogP contribution in [0.4, 0.5) is 5.69 Å². The summed E-state index contributed by atoms with van der Waals surface area (Å²) in [6, 6.07) is 5.31. The number of nitrogens with one attached hydrogen (secondary N) is 2. The number of anilines is 1. The molecule has 7 heteroatoms. The number of nitrogens with two attached hydrogens (primary N) is 1. The lowest BCUT2D eigenvalue weighted by molar-refractivity contribution is 0.0947. The van der Waals surface area contributed by atoms with Crippen LogP contribution >= 0.6 is 11.3 Å². The van der Waals surface area contributed by atoms with Gasteiger partial charge in [-0.15, -0.1) is 11.3 Å². The van der Waals surface area contributed by atoms with Crippen LogP contribution in [0.3, 0.4) is 0 Å². The highest BCUT2D eigenvalue weighted by Gasteiger charge is 2.14. The fourth-order valence-electron chi connectivity index (χ4n) is 1.93. The minimum atomic E-state index is -0.241. The van der Waals surface area contributed by atoms with Gasteiger partial charge in [0.05, 0.1) is 12.1 Å². The maximum Gasteiger partial charge on any atom is 0.272 e. The third kappa shape index (κ3) is 2.35. The van der Waals surface area contributed by atoms with Crippen LogP contribution in [0, 0.1) is 6.92 Å². The molecule has 0 spiro atoms. The standard InChI is InChI=1S/C13H13N5OS/c1-7-5-15-11(20-7)6-16-13(19)12-9-4-8(14)2-3-10(9)17-18-12/h2-5H,6,14H2,1H3,(H,16,19)(H,17,18). The third-order valence-corrected chi connectivity index (χ3v) is 3.78. The Morgan fingerprint density at radius 3 is 3.10 bits per heavy atom. The number of benzene rings is 1. The van der Waals surface area contributed by atoms with Crippen molar-refractivity contribution in [1.82, 2.24) is 20.5 Å². The molecule has 0 saturated carbocycles. The second kappa shape index (κ2) is 4.93. The lowest BCUT2D eigenvalue weighted by Crippen LogP contribution is -2.23. The van der Waals surface area contributed by atoms with Gasteiger partial charge in [-0.2, -0.15) is 5.10 Å². The topological polar surface area (TPSA) is 96.7 Å². The largest absolute Gasteiger partial charge is 0.399 e. The second-order valence-corrected chi connectivity index (χ2v) is 5.74. The molecule has 0 saturated heterocycles. The van der Waals surface area contributed by atoms with Crippen LogP contribution in [0.5, 0.6) is 0 Å². The van der Waals surface area contributed by atoms with Crippen LogP contribution in [0.15, 0.2) is 24.4 Å². The van der Waals surface area contributed by atoms with E-state index in [-0.39, 0.29) is 5.91 Å². The van der Waals surface area contributed by atoms with Gasteiger partial charge in [0.25, 0.3) is 5.91 Å². The van der Waals surface area contributed by atoms with Crippen molar-refractivity contribution in [2.45, 2.75) is 13.5 Å². The number of rotatable bonds is 3. The molecule has 0 aliphatic heterocycles. The summed E-state index contributed by atoms with van der Waals surface area (Å²) in [6.07, 6.45) is 1.79. The predicted octanol–water partition coefficient (Wildman–Crippen LogP) is 1.84. The highest BCUT2D eigenvalue weighted by molar-refractivity contribution is 7.11. The summed E-state index contributed by atoms with van der Waals surface area (Å²) >= 11 is 1.56. The van der Waals surface area contributed by atoms with Gasteiger partial charge in [0.1, 0.15) is 5.01 Å². The van der Waals surface area contributed by atoms with Gasteiger partial charge in [0.2, 0.25) is 0 Å². The molecule has 0 atom stereocenters. The first-order valence-corrected chi connectivity index (χ1v) is 6.88. The number of carbonyl (C=O) groups is 1. The smallest absolute Gasteiger partial charge is 0.272 e. The number of nitrogens with zero attached hydrogens (tertiary/aromatic N) is 2. The molecule has 6 nitrogen and oxygen atoms in total. The zero-order valence-electron chi connectivity index (χ0n) is 10.8. The molecule has 1 amide bonds. The number of nitrogen functional groups attached to an aromatic ring is 1. The van der Waals surface area contributed by atoms with Crippen molar-refractivity contribution in [3.63, 3.8) is 0 Å². The first-order chi connectivity index (χ1) is 9.63. The number of amides is 1. The van der Waals surface area contributed by atoms with Gasteiger partial charge < -0.3 is 11.1 Å². The minimum Gasteiger partial charge on any atom is -0.399 e. The average Bonchev–Trinajstić information content (AvgIpc) is 3.02. The Labute approximate surface area is 119 Å². The number of hydrogen-bond donors (Lipinski definition) is 3. The summed E-state index contributed by atoms with van der Waals surface area (Å²) in [5.41, 5.74) is 7.47. The van der Waals surface area contributed by atoms with Crippen molar-refractivity contribution in [3.8, 4) is 0 Å². The molecule has 102 valence electrons. The van der Waals surface area contributed by atoms with Crippen molar-refractivity contribution in [1.29, 1.82) is 0 Å². The molecule has 4 N–H and O–H groups in total. The molecule has 0 unspecified atom stereocenters. The summed E-state index contributed by atoms with van der Waals surface area (Å²) in [5, 5.41) is 11.3. The Morgan fingerprint density at radius 2 is 2.35 bits per heavy atom. The first kappa shape index (κ1) is 12.6. The fourth-order valence-corrected chi connectivity index (χ4v) is 2.65. The Hall–Kier alpha value is -2.41. The Kier molecular flexibility index (Phi) is 3.11. The summed E-state index contributed by atoms with van der Waals surface area (Å²) in [6.45, 7) is 2.38. The molecule has 0 aliphatic carbocycles. The lowest BCUT2D eigenvalue weighted by Gasteiger charge is -2.01. The highest BCUT2D eigenvalue weighted by atomic mass is 32.1. The van der Waals surface area contributed by atoms with Gasteiger partial charge in [-0.05, 0) is 25.1 Å². The van der Waals surface area contributed by atoms with Crippen LogP contribution in [0.1, 0.15) is 20.4 Å². The van der Waals surface area contributed by atoms with Gasteiger partial charge in [-0.25, -0.2) is 4.98 Å². The van der Waals surface area contributed by atoms with Crippen molar-refractivity contribution in [3.05, 3.63) is 40.0 Å². The van der Waals surface area contributed by atoms with E-state index in [9.17, 15) is 4.79 Å². The molecule has 0 fully saturated rings. The summed E-state index contributed by atoms with van der Waals surface area (Å²) in [4.78, 5) is 17.5. The summed E-state index contributed by atoms with van der Waals surface area (Å²) in [7, 11) is 0. The van der Waals surface area contributed by atoms with Gasteiger partial charge in [0, 0.05) is 22.1 Å². The molecule has 3 aromatic rings. The minimum absolute atomic E-state index is 0.241. The molecule has 0 bridgehead atoms. The van der Waals surface area contributed by atoms with E-state index in [1.165, 1.54) is 0 Å². The third-order valence-electron chi connectivity index (χ3n) is 2.87. The molecular weight excluding hydrogens is 274 g/mol. The molecular formula is C13H13N5OS. The van der Waals surface area contributed by atoms with E-state index in [0.717, 1.165) is 20.8 Å². The molecule has 2 heterocycles. The molecule has 3 rings (SSSR count). The highest BCUT2D eigenvalue weighted by Crippen LogP contribution is 2.19. The fraction of sp³-hybridized carbons (Fsp3) is 0.154. The zero-order chi connectivity index (χ0) is 14.1. The SMILES string of the molecule is Cc1cnc(CNC(=O)c2n[nH]c3ccc(N)cc23)s1. The number of thiazole rings is 1. The van der Waals surface area contributed by atoms with E-state index >= 15 is 0 Å². The normalized spacial score (nSPS) is 10.8. The van der Waals surface area contributed by atoms with E-state index in [2.05, 4.69) is 20.5 Å². The van der Waals surface area contributed by atoms with Crippen LogP contribution in [0.2, 0.25) is 0 Å². The molecule has 0 aliphatic rings. The first-order valence-electron chi connectivity index (χ1n) is 6.06. The number of aryl methyl sites for hydroxylation is 1. The van der Waals surface area contributed by atoms with Crippen LogP contribution in [-0.2, 0) is 6.54 Å². The van der Waals surface area contributed by atoms with Gasteiger partial charge in [-0.1, -0.05) is 0 Å². The maximum atomic E-state index is 12.2. The second-order valence-electron chi connectivity index (χ2n) is 4.42. The molecule has 2 aromatic heterocycles. The number of aromatic nitrogens is 3. The monoisotopic (exact) mass is 287 g/mol. The molecule has 20 heavy (non-hydrogen) atoms. The molecule has 1 aromatic carbocycles. The van der Waals surface area contributed by atoms with Crippen LogP contribution < -0.4 is 11.1 Å². The maximum absolute atomic E-state index is 12.2. The Balaban J connectivity index is 1.80.